The van der Waals surface area contributed by atoms with E-state index in [1.54, 1.807) is 0 Å². The van der Waals surface area contributed by atoms with Gasteiger partial charge in [-0.05, 0) is 61.9 Å². The van der Waals surface area contributed by atoms with Gasteiger partial charge in [0.15, 0.2) is 0 Å². The van der Waals surface area contributed by atoms with E-state index in [1.807, 2.05) is 24.3 Å². The fourth-order valence-electron chi connectivity index (χ4n) is 4.52. The second-order valence-electron chi connectivity index (χ2n) is 7.33. The predicted molar refractivity (Wildman–Crippen MR) is 104 cm³/mol. The fourth-order valence-corrected chi connectivity index (χ4v) is 4.71. The van der Waals surface area contributed by atoms with Crippen LogP contribution >= 0.6 is 11.6 Å². The number of anilines is 1. The van der Waals surface area contributed by atoms with Gasteiger partial charge < -0.3 is 5.32 Å². The zero-order valence-electron chi connectivity index (χ0n) is 14.3. The van der Waals surface area contributed by atoms with Crippen molar-refractivity contribution < 1.29 is 0 Å². The number of nitrogens with one attached hydrogen (secondary N) is 1. The molecule has 2 aromatic rings. The summed E-state index contributed by atoms with van der Waals surface area (Å²) in [7, 11) is 0. The van der Waals surface area contributed by atoms with Crippen molar-refractivity contribution in [1.29, 1.82) is 5.26 Å². The number of hydrogen-bond donors (Lipinski definition) is 1. The summed E-state index contributed by atoms with van der Waals surface area (Å²) in [5.74, 6) is 0. The van der Waals surface area contributed by atoms with E-state index >= 15 is 0 Å². The lowest BCUT2D eigenvalue weighted by atomic mass is 9.63. The van der Waals surface area contributed by atoms with Gasteiger partial charge in [-0.15, -0.1) is 0 Å². The lowest BCUT2D eigenvalue weighted by Gasteiger charge is -2.44. The number of benzene rings is 2. The van der Waals surface area contributed by atoms with Crippen LogP contribution in [-0.2, 0) is 5.41 Å². The zero-order chi connectivity index (χ0) is 17.5. The Morgan fingerprint density at radius 3 is 2.52 bits per heavy atom. The van der Waals surface area contributed by atoms with E-state index in [1.165, 1.54) is 16.7 Å². The first-order valence-electron chi connectivity index (χ1n) is 8.80. The Kier molecular flexibility index (Phi) is 3.85. The monoisotopic (exact) mass is 348 g/mol. The number of rotatable bonds is 2. The second kappa shape index (κ2) is 5.93. The molecule has 0 bridgehead atoms. The van der Waals surface area contributed by atoms with Crippen LogP contribution in [0.3, 0.4) is 0 Å². The summed E-state index contributed by atoms with van der Waals surface area (Å²) in [5.41, 5.74) is 4.71. The largest absolute Gasteiger partial charge is 0.367 e. The van der Waals surface area contributed by atoms with Crippen LogP contribution in [0, 0.1) is 11.3 Å². The van der Waals surface area contributed by atoms with Crippen molar-refractivity contribution in [2.45, 2.75) is 43.6 Å². The highest BCUT2D eigenvalue weighted by Gasteiger charge is 2.47. The molecule has 2 aromatic carbocycles. The van der Waals surface area contributed by atoms with Gasteiger partial charge in [0.1, 0.15) is 5.54 Å². The Morgan fingerprint density at radius 2 is 1.80 bits per heavy atom. The SMILES string of the molecule is CC1=Cc2ccccc2C12CCC(C#N)(Nc1cccc(Cl)c1)CC2. The quantitative estimate of drug-likeness (QED) is 0.728. The molecule has 126 valence electrons. The zero-order valence-corrected chi connectivity index (χ0v) is 15.1. The summed E-state index contributed by atoms with van der Waals surface area (Å²) < 4.78 is 0. The molecule has 4 rings (SSSR count). The Hall–Kier alpha value is -2.24. The molecule has 0 radical (unpaired) electrons. The van der Waals surface area contributed by atoms with Crippen molar-refractivity contribution in [2.75, 3.05) is 5.32 Å². The topological polar surface area (TPSA) is 35.8 Å². The number of hydrogen-bond acceptors (Lipinski definition) is 2. The third kappa shape index (κ3) is 2.64. The van der Waals surface area contributed by atoms with Gasteiger partial charge >= 0.3 is 0 Å². The lowest BCUT2D eigenvalue weighted by molar-refractivity contribution is 0.286. The maximum Gasteiger partial charge on any atom is 0.125 e. The van der Waals surface area contributed by atoms with Gasteiger partial charge in [-0.25, -0.2) is 0 Å². The number of allylic oxidation sites excluding steroid dienone is 1. The lowest BCUT2D eigenvalue weighted by Crippen LogP contribution is -2.45. The highest BCUT2D eigenvalue weighted by atomic mass is 35.5. The van der Waals surface area contributed by atoms with Crippen molar-refractivity contribution in [2.24, 2.45) is 0 Å². The standard InChI is InChI=1S/C22H21ClN2/c1-16-13-17-5-2-3-8-20(17)22(16)11-9-21(15-24,10-12-22)25-19-7-4-6-18(23)14-19/h2-8,13-14,25H,9-12H2,1H3. The van der Waals surface area contributed by atoms with E-state index in [9.17, 15) is 5.26 Å². The van der Waals surface area contributed by atoms with Gasteiger partial charge in [0.25, 0.3) is 0 Å². The average molecular weight is 349 g/mol. The van der Waals surface area contributed by atoms with E-state index in [0.29, 0.717) is 5.02 Å². The maximum absolute atomic E-state index is 9.90. The molecule has 0 atom stereocenters. The third-order valence-corrected chi connectivity index (χ3v) is 6.22. The Labute approximate surface area is 154 Å². The molecule has 0 amide bonds. The Morgan fingerprint density at radius 1 is 1.04 bits per heavy atom. The minimum absolute atomic E-state index is 0.104. The van der Waals surface area contributed by atoms with Gasteiger partial charge in [0.05, 0.1) is 6.07 Å². The van der Waals surface area contributed by atoms with E-state index in [4.69, 9.17) is 11.6 Å². The second-order valence-corrected chi connectivity index (χ2v) is 7.76. The van der Waals surface area contributed by atoms with Crippen LogP contribution in [0.15, 0.2) is 54.1 Å². The molecule has 1 saturated carbocycles. The van der Waals surface area contributed by atoms with E-state index < -0.39 is 5.54 Å². The minimum Gasteiger partial charge on any atom is -0.367 e. The molecule has 25 heavy (non-hydrogen) atoms. The van der Waals surface area contributed by atoms with Crippen LogP contribution in [0.5, 0.6) is 0 Å². The summed E-state index contributed by atoms with van der Waals surface area (Å²) in [6.45, 7) is 2.24. The minimum atomic E-state index is -0.520. The molecular weight excluding hydrogens is 328 g/mol. The number of fused-ring (bicyclic) bond motifs is 2. The number of nitrogens with zero attached hydrogens (tertiary/aromatic N) is 1. The molecule has 3 heteroatoms. The third-order valence-electron chi connectivity index (χ3n) is 5.98. The van der Waals surface area contributed by atoms with Gasteiger partial charge in [-0.1, -0.05) is 53.6 Å². The van der Waals surface area contributed by atoms with Gasteiger partial charge in [-0.2, -0.15) is 5.26 Å². The van der Waals surface area contributed by atoms with Crippen LogP contribution in [-0.4, -0.2) is 5.54 Å². The smallest absolute Gasteiger partial charge is 0.125 e. The van der Waals surface area contributed by atoms with Crippen LogP contribution < -0.4 is 5.32 Å². The molecule has 1 spiro atoms. The molecule has 1 N–H and O–H groups in total. The van der Waals surface area contributed by atoms with E-state index in [0.717, 1.165) is 31.4 Å². The Bertz CT molecular complexity index is 883. The van der Waals surface area contributed by atoms with Crippen LogP contribution in [0.4, 0.5) is 5.69 Å². The molecule has 0 unspecified atom stereocenters. The summed E-state index contributed by atoms with van der Waals surface area (Å²) in [4.78, 5) is 0. The predicted octanol–water partition coefficient (Wildman–Crippen LogP) is 5.94. The molecule has 2 aliphatic rings. The van der Waals surface area contributed by atoms with E-state index in [-0.39, 0.29) is 5.41 Å². The Balaban J connectivity index is 1.60. The van der Waals surface area contributed by atoms with Crippen molar-refractivity contribution in [3.63, 3.8) is 0 Å². The molecule has 1 fully saturated rings. The van der Waals surface area contributed by atoms with Gasteiger partial charge in [0.2, 0.25) is 0 Å². The van der Waals surface area contributed by atoms with Crippen LogP contribution in [0.2, 0.25) is 5.02 Å². The first-order chi connectivity index (χ1) is 12.1. The van der Waals surface area contributed by atoms with E-state index in [2.05, 4.69) is 48.7 Å². The highest BCUT2D eigenvalue weighted by molar-refractivity contribution is 6.30. The maximum atomic E-state index is 9.90. The first kappa shape index (κ1) is 16.2. The van der Waals surface area contributed by atoms with Crippen LogP contribution in [0.25, 0.3) is 6.08 Å². The molecule has 2 aliphatic carbocycles. The highest BCUT2D eigenvalue weighted by Crippen LogP contribution is 2.53. The fraction of sp³-hybridized carbons (Fsp3) is 0.318. The van der Waals surface area contributed by atoms with Crippen molar-refractivity contribution in [3.05, 3.63) is 70.3 Å². The summed E-state index contributed by atoms with van der Waals surface area (Å²) in [6.07, 6.45) is 5.96. The summed E-state index contributed by atoms with van der Waals surface area (Å²) in [5, 5.41) is 14.1. The van der Waals surface area contributed by atoms with Crippen molar-refractivity contribution in [1.82, 2.24) is 0 Å². The van der Waals surface area contributed by atoms with Gasteiger partial charge in [-0.3, -0.25) is 0 Å². The average Bonchev–Trinajstić information content (AvgIpc) is 2.89. The molecular formula is C22H21ClN2. The first-order valence-corrected chi connectivity index (χ1v) is 9.18. The summed E-state index contributed by atoms with van der Waals surface area (Å²) >= 11 is 6.09. The molecule has 2 nitrogen and oxygen atoms in total. The number of halogens is 1. The molecule has 0 heterocycles. The molecule has 0 aromatic heterocycles. The van der Waals surface area contributed by atoms with Crippen LogP contribution in [0.1, 0.15) is 43.7 Å². The van der Waals surface area contributed by atoms with Gasteiger partial charge in [0, 0.05) is 16.1 Å². The summed E-state index contributed by atoms with van der Waals surface area (Å²) in [6, 6.07) is 18.9. The molecule has 0 saturated heterocycles. The van der Waals surface area contributed by atoms with Crippen molar-refractivity contribution >= 4 is 23.4 Å². The number of nitriles is 1. The molecule has 0 aliphatic heterocycles. The normalized spacial score (nSPS) is 27.5. The van der Waals surface area contributed by atoms with Crippen molar-refractivity contribution in [3.8, 4) is 6.07 Å².